The molecule has 4 rings (SSSR count). The van der Waals surface area contributed by atoms with Crippen molar-refractivity contribution in [3.05, 3.63) is 60.2 Å². The summed E-state index contributed by atoms with van der Waals surface area (Å²) in [4.78, 5) is 29.0. The molecule has 0 spiro atoms. The lowest BCUT2D eigenvalue weighted by molar-refractivity contribution is -0.135. The molecule has 9 nitrogen and oxygen atoms in total. The molecule has 0 unspecified atom stereocenters. The lowest BCUT2D eigenvalue weighted by Gasteiger charge is -2.36. The molecule has 4 atom stereocenters. The van der Waals surface area contributed by atoms with E-state index in [-0.39, 0.29) is 18.9 Å². The number of rotatable bonds is 6. The van der Waals surface area contributed by atoms with Gasteiger partial charge in [0.1, 0.15) is 18.3 Å². The van der Waals surface area contributed by atoms with Crippen molar-refractivity contribution >= 4 is 23.3 Å². The number of piperazine rings is 1. The highest BCUT2D eigenvalue weighted by Crippen LogP contribution is 2.25. The number of hydrogen-bond acceptors (Lipinski definition) is 6. The van der Waals surface area contributed by atoms with E-state index in [2.05, 4.69) is 27.7 Å². The van der Waals surface area contributed by atoms with Crippen LogP contribution in [0.15, 0.2) is 54.6 Å². The Kier molecular flexibility index (Phi) is 7.66. The van der Waals surface area contributed by atoms with Gasteiger partial charge in [0.05, 0.1) is 12.5 Å². The van der Waals surface area contributed by atoms with Crippen LogP contribution in [0.25, 0.3) is 0 Å². The van der Waals surface area contributed by atoms with Crippen molar-refractivity contribution in [2.75, 3.05) is 42.9 Å². The van der Waals surface area contributed by atoms with E-state index in [4.69, 9.17) is 4.74 Å². The smallest absolute Gasteiger partial charge is 0.319 e. The first-order valence-corrected chi connectivity index (χ1v) is 11.6. The van der Waals surface area contributed by atoms with E-state index >= 15 is 0 Å². The molecule has 9 heteroatoms. The quantitative estimate of drug-likeness (QED) is 0.509. The van der Waals surface area contributed by atoms with E-state index in [1.54, 1.807) is 17.0 Å². The van der Waals surface area contributed by atoms with Gasteiger partial charge in [-0.05, 0) is 31.2 Å². The van der Waals surface area contributed by atoms with Gasteiger partial charge in [0.15, 0.2) is 0 Å². The molecule has 3 amide bonds. The van der Waals surface area contributed by atoms with E-state index < -0.39 is 30.4 Å². The SMILES string of the molecule is Cc1ccc(NC(=O)NC[C@H]2O[C@@H](CC(=O)N3CCN(c4ccccc4)CC3)[C@H](O)[C@@H]2O)cc1. The summed E-state index contributed by atoms with van der Waals surface area (Å²) in [6, 6.07) is 17.0. The zero-order valence-corrected chi connectivity index (χ0v) is 19.3. The van der Waals surface area contributed by atoms with Crippen LogP contribution in [-0.4, -0.2) is 84.2 Å². The standard InChI is InChI=1S/C25H32N4O5/c1-17-7-9-18(10-8-17)27-25(33)26-16-21-24(32)23(31)20(34-21)15-22(30)29-13-11-28(12-14-29)19-5-3-2-4-6-19/h2-10,20-21,23-24,31-32H,11-16H2,1H3,(H2,26,27,33)/t20-,21+,23-,24+/m0/s1. The molecule has 0 radical (unpaired) electrons. The highest BCUT2D eigenvalue weighted by Gasteiger charge is 2.44. The van der Waals surface area contributed by atoms with Gasteiger partial charge in [-0.2, -0.15) is 0 Å². The van der Waals surface area contributed by atoms with Crippen LogP contribution in [0.5, 0.6) is 0 Å². The molecule has 4 N–H and O–H groups in total. The van der Waals surface area contributed by atoms with Crippen LogP contribution in [0.1, 0.15) is 12.0 Å². The van der Waals surface area contributed by atoms with Crippen molar-refractivity contribution in [2.24, 2.45) is 0 Å². The minimum absolute atomic E-state index is 0.0103. The Balaban J connectivity index is 1.22. The normalized spacial score (nSPS) is 24.7. The van der Waals surface area contributed by atoms with Crippen LogP contribution in [-0.2, 0) is 9.53 Å². The van der Waals surface area contributed by atoms with Crippen molar-refractivity contribution in [2.45, 2.75) is 37.8 Å². The van der Waals surface area contributed by atoms with Gasteiger partial charge in [0.2, 0.25) is 5.91 Å². The van der Waals surface area contributed by atoms with Crippen molar-refractivity contribution < 1.29 is 24.5 Å². The number of nitrogens with zero attached hydrogens (tertiary/aromatic N) is 2. The molecule has 2 saturated heterocycles. The average Bonchev–Trinajstić information content (AvgIpc) is 3.12. The van der Waals surface area contributed by atoms with Crippen molar-refractivity contribution in [1.29, 1.82) is 0 Å². The maximum absolute atomic E-state index is 12.8. The minimum Gasteiger partial charge on any atom is -0.388 e. The van der Waals surface area contributed by atoms with Crippen molar-refractivity contribution in [1.82, 2.24) is 10.2 Å². The average molecular weight is 469 g/mol. The number of carbonyl (C=O) groups excluding carboxylic acids is 2. The fraction of sp³-hybridized carbons (Fsp3) is 0.440. The molecule has 2 aromatic rings. The molecule has 0 aromatic heterocycles. The van der Waals surface area contributed by atoms with Gasteiger partial charge in [-0.1, -0.05) is 35.9 Å². The molecule has 2 aromatic carbocycles. The number of aliphatic hydroxyl groups excluding tert-OH is 2. The molecule has 2 aliphatic heterocycles. The van der Waals surface area contributed by atoms with Crippen LogP contribution >= 0.6 is 0 Å². The van der Waals surface area contributed by atoms with E-state index in [1.807, 2.05) is 37.3 Å². The first kappa shape index (κ1) is 24.0. The molecule has 0 bridgehead atoms. The summed E-state index contributed by atoms with van der Waals surface area (Å²) >= 11 is 0. The third-order valence-electron chi connectivity index (χ3n) is 6.36. The molecule has 0 aliphatic carbocycles. The Labute approximate surface area is 199 Å². The lowest BCUT2D eigenvalue weighted by atomic mass is 10.0. The summed E-state index contributed by atoms with van der Waals surface area (Å²) in [6.07, 6.45) is -4.02. The summed E-state index contributed by atoms with van der Waals surface area (Å²) in [5, 5.41) is 26.1. The van der Waals surface area contributed by atoms with Crippen LogP contribution in [0.2, 0.25) is 0 Å². The van der Waals surface area contributed by atoms with E-state index in [9.17, 15) is 19.8 Å². The molecular weight excluding hydrogens is 436 g/mol. The third-order valence-corrected chi connectivity index (χ3v) is 6.36. The Hall–Kier alpha value is -3.14. The van der Waals surface area contributed by atoms with E-state index in [0.29, 0.717) is 18.8 Å². The number of urea groups is 1. The molecule has 0 saturated carbocycles. The Morgan fingerprint density at radius 2 is 1.59 bits per heavy atom. The fourth-order valence-electron chi connectivity index (χ4n) is 4.32. The molecule has 2 fully saturated rings. The second-order valence-electron chi connectivity index (χ2n) is 8.80. The first-order chi connectivity index (χ1) is 16.4. The number of carbonyl (C=O) groups is 2. The van der Waals surface area contributed by atoms with Crippen LogP contribution in [0, 0.1) is 6.92 Å². The number of benzene rings is 2. The van der Waals surface area contributed by atoms with E-state index in [0.717, 1.165) is 24.3 Å². The van der Waals surface area contributed by atoms with Crippen LogP contribution in [0.4, 0.5) is 16.2 Å². The number of para-hydroxylation sites is 1. The fourth-order valence-corrected chi connectivity index (χ4v) is 4.32. The van der Waals surface area contributed by atoms with Crippen LogP contribution in [0.3, 0.4) is 0 Å². The zero-order chi connectivity index (χ0) is 24.1. The van der Waals surface area contributed by atoms with Crippen molar-refractivity contribution in [3.63, 3.8) is 0 Å². The second-order valence-corrected chi connectivity index (χ2v) is 8.80. The Morgan fingerprint density at radius 3 is 2.26 bits per heavy atom. The van der Waals surface area contributed by atoms with Gasteiger partial charge >= 0.3 is 6.03 Å². The van der Waals surface area contributed by atoms with Gasteiger partial charge in [-0.3, -0.25) is 4.79 Å². The number of hydrogen-bond donors (Lipinski definition) is 4. The predicted octanol–water partition coefficient (Wildman–Crippen LogP) is 1.34. The largest absolute Gasteiger partial charge is 0.388 e. The lowest BCUT2D eigenvalue weighted by Crippen LogP contribution is -2.49. The summed E-state index contributed by atoms with van der Waals surface area (Å²) in [7, 11) is 0. The number of aliphatic hydroxyl groups is 2. The summed E-state index contributed by atoms with van der Waals surface area (Å²) in [5.74, 6) is -0.116. The van der Waals surface area contributed by atoms with Crippen LogP contribution < -0.4 is 15.5 Å². The zero-order valence-electron chi connectivity index (χ0n) is 19.3. The summed E-state index contributed by atoms with van der Waals surface area (Å²) < 4.78 is 5.75. The van der Waals surface area contributed by atoms with Gasteiger partial charge < -0.3 is 35.4 Å². The predicted molar refractivity (Wildman–Crippen MR) is 129 cm³/mol. The molecule has 182 valence electrons. The van der Waals surface area contributed by atoms with Gasteiger partial charge in [0.25, 0.3) is 0 Å². The summed E-state index contributed by atoms with van der Waals surface area (Å²) in [5.41, 5.74) is 2.86. The van der Waals surface area contributed by atoms with Crippen molar-refractivity contribution in [3.8, 4) is 0 Å². The van der Waals surface area contributed by atoms with Gasteiger partial charge in [-0.15, -0.1) is 0 Å². The third kappa shape index (κ3) is 5.85. The maximum atomic E-state index is 12.8. The molecule has 2 heterocycles. The summed E-state index contributed by atoms with van der Waals surface area (Å²) in [6.45, 7) is 4.60. The first-order valence-electron chi connectivity index (χ1n) is 11.6. The Morgan fingerprint density at radius 1 is 0.941 bits per heavy atom. The topological polar surface area (TPSA) is 114 Å². The number of ether oxygens (including phenoxy) is 1. The highest BCUT2D eigenvalue weighted by atomic mass is 16.5. The maximum Gasteiger partial charge on any atom is 0.319 e. The minimum atomic E-state index is -1.19. The number of nitrogens with one attached hydrogen (secondary N) is 2. The molecule has 34 heavy (non-hydrogen) atoms. The number of anilines is 2. The van der Waals surface area contributed by atoms with Gasteiger partial charge in [0, 0.05) is 44.1 Å². The van der Waals surface area contributed by atoms with E-state index in [1.165, 1.54) is 0 Å². The molecule has 2 aliphatic rings. The number of amides is 3. The highest BCUT2D eigenvalue weighted by molar-refractivity contribution is 5.89. The monoisotopic (exact) mass is 468 g/mol. The Bertz CT molecular complexity index is 963. The molecular formula is C25H32N4O5. The number of aryl methyl sites for hydroxylation is 1. The second kappa shape index (κ2) is 10.9. The van der Waals surface area contributed by atoms with Gasteiger partial charge in [-0.25, -0.2) is 4.79 Å².